The first-order valence-corrected chi connectivity index (χ1v) is 9.09. The molecule has 2 aromatic carbocycles. The number of aliphatic hydroxyl groups is 2. The molecule has 0 radical (unpaired) electrons. The van der Waals surface area contributed by atoms with Crippen LogP contribution in [0.2, 0.25) is 0 Å². The van der Waals surface area contributed by atoms with Crippen molar-refractivity contribution >= 4 is 6.08 Å². The van der Waals surface area contributed by atoms with E-state index in [1.165, 1.54) is 21.3 Å². The van der Waals surface area contributed by atoms with Crippen molar-refractivity contribution in [1.29, 1.82) is 0 Å². The van der Waals surface area contributed by atoms with Gasteiger partial charge in [0.25, 0.3) is 0 Å². The molecule has 0 heterocycles. The highest BCUT2D eigenvalue weighted by molar-refractivity contribution is 5.62. The Hall–Kier alpha value is -2.90. The van der Waals surface area contributed by atoms with E-state index < -0.39 is 12.2 Å². The van der Waals surface area contributed by atoms with E-state index in [1.807, 2.05) is 0 Å². The van der Waals surface area contributed by atoms with Crippen molar-refractivity contribution in [2.24, 2.45) is 0 Å². The van der Waals surface area contributed by atoms with Gasteiger partial charge in [0.15, 0.2) is 23.0 Å². The Labute approximate surface area is 171 Å². The van der Waals surface area contributed by atoms with Gasteiger partial charge in [-0.05, 0) is 42.3 Å². The van der Waals surface area contributed by atoms with Crippen molar-refractivity contribution in [3.63, 3.8) is 0 Å². The molecular formula is C22H28O7. The summed E-state index contributed by atoms with van der Waals surface area (Å²) < 4.78 is 27.4. The second-order valence-corrected chi connectivity index (χ2v) is 6.22. The molecule has 29 heavy (non-hydrogen) atoms. The number of hydrogen-bond donors (Lipinski definition) is 2. The fourth-order valence-electron chi connectivity index (χ4n) is 2.86. The van der Waals surface area contributed by atoms with Crippen molar-refractivity contribution in [1.82, 2.24) is 0 Å². The molecule has 2 atom stereocenters. The number of rotatable bonds is 10. The molecule has 0 aromatic heterocycles. The van der Waals surface area contributed by atoms with Gasteiger partial charge in [-0.2, -0.15) is 0 Å². The van der Waals surface area contributed by atoms with Gasteiger partial charge in [0.05, 0.1) is 35.0 Å². The predicted octanol–water partition coefficient (Wildman–Crippen LogP) is 3.23. The third-order valence-corrected chi connectivity index (χ3v) is 4.40. The van der Waals surface area contributed by atoms with Crippen molar-refractivity contribution in [3.8, 4) is 28.7 Å². The minimum atomic E-state index is -0.932. The minimum Gasteiger partial charge on any atom is -0.493 e. The van der Waals surface area contributed by atoms with Crippen LogP contribution in [-0.4, -0.2) is 51.4 Å². The number of hydrogen-bond acceptors (Lipinski definition) is 7. The van der Waals surface area contributed by atoms with E-state index in [9.17, 15) is 5.11 Å². The maximum absolute atomic E-state index is 10.8. The third kappa shape index (κ3) is 5.34. The summed E-state index contributed by atoms with van der Waals surface area (Å²) in [5.41, 5.74) is 1.41. The van der Waals surface area contributed by atoms with Crippen LogP contribution < -0.4 is 23.7 Å². The van der Waals surface area contributed by atoms with Gasteiger partial charge in [-0.1, -0.05) is 18.2 Å². The van der Waals surface area contributed by atoms with Crippen LogP contribution in [0, 0.1) is 0 Å². The van der Waals surface area contributed by atoms with Crippen LogP contribution in [0.4, 0.5) is 0 Å². The molecule has 2 aromatic rings. The molecule has 0 spiro atoms. The molecule has 0 aliphatic rings. The van der Waals surface area contributed by atoms with Crippen molar-refractivity contribution in [2.75, 3.05) is 35.0 Å². The van der Waals surface area contributed by atoms with Gasteiger partial charge in [-0.25, -0.2) is 0 Å². The lowest BCUT2D eigenvalue weighted by Crippen LogP contribution is -2.22. The van der Waals surface area contributed by atoms with Gasteiger partial charge in [-0.3, -0.25) is 0 Å². The van der Waals surface area contributed by atoms with Gasteiger partial charge in [0.1, 0.15) is 12.2 Å². The van der Waals surface area contributed by atoms with Crippen LogP contribution >= 0.6 is 0 Å². The Morgan fingerprint density at radius 3 is 1.97 bits per heavy atom. The lowest BCUT2D eigenvalue weighted by Gasteiger charge is -2.24. The van der Waals surface area contributed by atoms with E-state index >= 15 is 0 Å². The molecule has 0 bridgehead atoms. The molecule has 7 nitrogen and oxygen atoms in total. The largest absolute Gasteiger partial charge is 0.493 e. The van der Waals surface area contributed by atoms with Gasteiger partial charge >= 0.3 is 0 Å². The predicted molar refractivity (Wildman–Crippen MR) is 110 cm³/mol. The Balaban J connectivity index is 2.31. The Morgan fingerprint density at radius 1 is 0.862 bits per heavy atom. The zero-order chi connectivity index (χ0) is 21.4. The van der Waals surface area contributed by atoms with E-state index in [2.05, 4.69) is 0 Å². The Morgan fingerprint density at radius 2 is 1.45 bits per heavy atom. The van der Waals surface area contributed by atoms with Crippen LogP contribution in [0.25, 0.3) is 6.08 Å². The second-order valence-electron chi connectivity index (χ2n) is 6.22. The number of aliphatic hydroxyl groups excluding tert-OH is 2. The van der Waals surface area contributed by atoms with Gasteiger partial charge in [0.2, 0.25) is 5.75 Å². The molecule has 0 saturated heterocycles. The number of methoxy groups -OCH3 is 4. The van der Waals surface area contributed by atoms with Crippen molar-refractivity contribution in [3.05, 3.63) is 47.5 Å². The van der Waals surface area contributed by atoms with E-state index in [1.54, 1.807) is 56.5 Å². The SMILES string of the molecule is COc1ccc([C@@H](O)[C@H](C)Oc2c(OC)cc(/C=C/CO)cc2OC)cc1OC. The number of ether oxygens (including phenoxy) is 5. The summed E-state index contributed by atoms with van der Waals surface area (Å²) in [4.78, 5) is 0. The summed E-state index contributed by atoms with van der Waals surface area (Å²) in [5.74, 6) is 2.38. The monoisotopic (exact) mass is 404 g/mol. The molecule has 0 aliphatic heterocycles. The second kappa shape index (κ2) is 10.6. The molecule has 0 amide bonds. The summed E-state index contributed by atoms with van der Waals surface area (Å²) in [6.07, 6.45) is 1.81. The Kier molecular flexibility index (Phi) is 8.18. The Bertz CT molecular complexity index is 807. The molecule has 0 aliphatic carbocycles. The molecule has 0 unspecified atom stereocenters. The van der Waals surface area contributed by atoms with Crippen LogP contribution in [0.3, 0.4) is 0 Å². The van der Waals surface area contributed by atoms with Gasteiger partial charge in [-0.15, -0.1) is 0 Å². The normalized spacial score (nSPS) is 13.1. The first-order chi connectivity index (χ1) is 14.0. The van der Waals surface area contributed by atoms with Crippen LogP contribution in [0.5, 0.6) is 28.7 Å². The molecule has 2 N–H and O–H groups in total. The van der Waals surface area contributed by atoms with Crippen LogP contribution in [0.1, 0.15) is 24.2 Å². The molecule has 158 valence electrons. The molecule has 7 heteroatoms. The lowest BCUT2D eigenvalue weighted by molar-refractivity contribution is 0.0433. The molecule has 0 saturated carbocycles. The van der Waals surface area contributed by atoms with Gasteiger partial charge in [0, 0.05) is 0 Å². The quantitative estimate of drug-likeness (QED) is 0.629. The topological polar surface area (TPSA) is 86.6 Å². The maximum atomic E-state index is 10.8. The van der Waals surface area contributed by atoms with Crippen molar-refractivity contribution in [2.45, 2.75) is 19.1 Å². The summed E-state index contributed by atoms with van der Waals surface area (Å²) in [7, 11) is 6.14. The van der Waals surface area contributed by atoms with Crippen molar-refractivity contribution < 1.29 is 33.9 Å². The average molecular weight is 404 g/mol. The zero-order valence-electron chi connectivity index (χ0n) is 17.3. The summed E-state index contributed by atoms with van der Waals surface area (Å²) in [5, 5.41) is 19.8. The summed E-state index contributed by atoms with van der Waals surface area (Å²) in [6, 6.07) is 8.72. The molecular weight excluding hydrogens is 376 g/mol. The summed E-state index contributed by atoms with van der Waals surface area (Å²) in [6.45, 7) is 1.68. The minimum absolute atomic E-state index is 0.0720. The van der Waals surface area contributed by atoms with Gasteiger partial charge < -0.3 is 33.9 Å². The fourth-order valence-corrected chi connectivity index (χ4v) is 2.86. The van der Waals surface area contributed by atoms with E-state index in [4.69, 9.17) is 28.8 Å². The highest BCUT2D eigenvalue weighted by Crippen LogP contribution is 2.41. The van der Waals surface area contributed by atoms with E-state index in [-0.39, 0.29) is 6.61 Å². The zero-order valence-corrected chi connectivity index (χ0v) is 17.3. The highest BCUT2D eigenvalue weighted by atomic mass is 16.5. The average Bonchev–Trinajstić information content (AvgIpc) is 2.76. The molecule has 2 rings (SSSR count). The van der Waals surface area contributed by atoms with Crippen LogP contribution in [0.15, 0.2) is 36.4 Å². The molecule has 0 fully saturated rings. The first-order valence-electron chi connectivity index (χ1n) is 9.09. The smallest absolute Gasteiger partial charge is 0.203 e. The van der Waals surface area contributed by atoms with E-state index in [0.717, 1.165) is 5.56 Å². The lowest BCUT2D eigenvalue weighted by atomic mass is 10.0. The van der Waals surface area contributed by atoms with E-state index in [0.29, 0.717) is 34.3 Å². The highest BCUT2D eigenvalue weighted by Gasteiger charge is 2.23. The number of benzene rings is 2. The standard InChI is InChI=1S/C22H28O7/c1-14(21(24)16-8-9-17(25-2)18(13-16)26-3)29-22-19(27-4)11-15(7-6-10-23)12-20(22)28-5/h6-9,11-14,21,23-24H,10H2,1-5H3/b7-6+/t14-,21-/m0/s1. The fraction of sp³-hybridized carbons (Fsp3) is 0.364. The third-order valence-electron chi connectivity index (χ3n) is 4.40. The van der Waals surface area contributed by atoms with Crippen LogP contribution in [-0.2, 0) is 0 Å². The first kappa shape index (κ1) is 22.4. The summed E-state index contributed by atoms with van der Waals surface area (Å²) >= 11 is 0. The maximum Gasteiger partial charge on any atom is 0.203 e.